The first-order chi connectivity index (χ1) is 17.3. The summed E-state index contributed by atoms with van der Waals surface area (Å²) in [6.07, 6.45) is 1.68. The highest BCUT2D eigenvalue weighted by Crippen LogP contribution is 2.46. The van der Waals surface area contributed by atoms with E-state index in [0.29, 0.717) is 34.0 Å². The molecule has 38 heavy (non-hydrogen) atoms. The van der Waals surface area contributed by atoms with Gasteiger partial charge in [0.15, 0.2) is 0 Å². The van der Waals surface area contributed by atoms with Gasteiger partial charge in [-0.05, 0) is 80.5 Å². The molecule has 3 N–H and O–H groups in total. The van der Waals surface area contributed by atoms with Gasteiger partial charge in [-0.1, -0.05) is 35.3 Å². The molecule has 1 aliphatic carbocycles. The summed E-state index contributed by atoms with van der Waals surface area (Å²) in [5.74, 6) is -0.535. The first-order valence-electron chi connectivity index (χ1n) is 11.9. The number of aryl methyl sites for hydroxylation is 1. The lowest BCUT2D eigenvalue weighted by atomic mass is 9.75. The zero-order valence-electron chi connectivity index (χ0n) is 21.9. The zero-order chi connectivity index (χ0) is 28.6. The van der Waals surface area contributed by atoms with E-state index in [4.69, 9.17) is 33.1 Å². The molecule has 0 saturated carbocycles. The monoisotopic (exact) mass is 605 g/mol. The summed E-state index contributed by atoms with van der Waals surface area (Å²) in [6.45, 7) is 5.33. The van der Waals surface area contributed by atoms with E-state index in [1.54, 1.807) is 52.1 Å². The fourth-order valence-electron chi connectivity index (χ4n) is 4.60. The number of nitrogens with one attached hydrogen (secondary N) is 1. The molecule has 0 saturated heterocycles. The number of halogens is 2. The number of rotatable bonds is 7. The normalized spacial score (nSPS) is 18.0. The Morgan fingerprint density at radius 3 is 2.29 bits per heavy atom. The molecular weight excluding hydrogens is 573 g/mol. The first-order valence-corrected chi connectivity index (χ1v) is 16.3. The maximum Gasteiger partial charge on any atom is 0.410 e. The van der Waals surface area contributed by atoms with E-state index in [9.17, 15) is 21.6 Å². The van der Waals surface area contributed by atoms with Crippen molar-refractivity contribution in [2.75, 3.05) is 23.8 Å². The number of sulfonamides is 2. The Morgan fingerprint density at radius 1 is 1.08 bits per heavy atom. The van der Waals surface area contributed by atoms with Crippen LogP contribution in [0.25, 0.3) is 0 Å². The Balaban J connectivity index is 2.20. The van der Waals surface area contributed by atoms with Crippen molar-refractivity contribution in [2.45, 2.75) is 57.6 Å². The third kappa shape index (κ3) is 7.98. The van der Waals surface area contributed by atoms with Gasteiger partial charge >= 0.3 is 6.09 Å². The van der Waals surface area contributed by atoms with Crippen LogP contribution in [0.1, 0.15) is 67.8 Å². The lowest BCUT2D eigenvalue weighted by Crippen LogP contribution is -2.38. The van der Waals surface area contributed by atoms with Gasteiger partial charge in [0.2, 0.25) is 20.0 Å². The van der Waals surface area contributed by atoms with Crippen molar-refractivity contribution in [3.8, 4) is 0 Å². The van der Waals surface area contributed by atoms with Crippen molar-refractivity contribution in [1.29, 1.82) is 0 Å². The second kappa shape index (κ2) is 11.2. The molecule has 0 unspecified atom stereocenters. The molecule has 0 bridgehead atoms. The van der Waals surface area contributed by atoms with Gasteiger partial charge in [0, 0.05) is 13.0 Å². The van der Waals surface area contributed by atoms with Gasteiger partial charge < -0.3 is 9.64 Å². The Kier molecular flexibility index (Phi) is 8.99. The first kappa shape index (κ1) is 30.5. The molecule has 9 nitrogen and oxygen atoms in total. The lowest BCUT2D eigenvalue weighted by Gasteiger charge is -2.38. The van der Waals surface area contributed by atoms with Gasteiger partial charge in [-0.2, -0.15) is 0 Å². The van der Waals surface area contributed by atoms with Gasteiger partial charge in [-0.15, -0.1) is 0 Å². The van der Waals surface area contributed by atoms with Crippen LogP contribution in [0, 0.1) is 0 Å². The number of benzene rings is 2. The number of carbonyl (C=O) groups excluding carboxylic acids is 1. The van der Waals surface area contributed by atoms with Crippen molar-refractivity contribution in [1.82, 2.24) is 4.90 Å². The van der Waals surface area contributed by atoms with Crippen LogP contribution in [0.15, 0.2) is 30.3 Å². The molecule has 0 fully saturated rings. The molecule has 1 aliphatic rings. The van der Waals surface area contributed by atoms with Crippen molar-refractivity contribution >= 4 is 55.0 Å². The second-order valence-electron chi connectivity index (χ2n) is 10.5. The molecule has 3 rings (SSSR count). The molecule has 0 spiro atoms. The molecule has 0 radical (unpaired) electrons. The highest BCUT2D eigenvalue weighted by Gasteiger charge is 2.35. The fraction of sp³-hybridized carbons (Fsp3) is 0.480. The highest BCUT2D eigenvalue weighted by molar-refractivity contribution is 7.92. The Morgan fingerprint density at radius 2 is 1.74 bits per heavy atom. The minimum atomic E-state index is -3.81. The van der Waals surface area contributed by atoms with Crippen LogP contribution in [0.3, 0.4) is 0 Å². The van der Waals surface area contributed by atoms with Crippen molar-refractivity contribution in [2.24, 2.45) is 5.14 Å². The number of nitrogens with zero attached hydrogens (tertiary/aromatic N) is 1. The molecule has 210 valence electrons. The lowest BCUT2D eigenvalue weighted by molar-refractivity contribution is 0.0202. The topological polar surface area (TPSA) is 136 Å². The average molecular weight is 607 g/mol. The summed E-state index contributed by atoms with van der Waals surface area (Å²) in [7, 11) is -5.87. The number of nitrogens with two attached hydrogens (primary N) is 1. The predicted molar refractivity (Wildman–Crippen MR) is 151 cm³/mol. The summed E-state index contributed by atoms with van der Waals surface area (Å²) in [5.41, 5.74) is 2.41. The van der Waals surface area contributed by atoms with E-state index in [1.807, 2.05) is 6.07 Å². The third-order valence-corrected chi connectivity index (χ3v) is 8.32. The van der Waals surface area contributed by atoms with Crippen LogP contribution in [0.5, 0.6) is 0 Å². The van der Waals surface area contributed by atoms with Crippen molar-refractivity contribution < 1.29 is 26.4 Å². The third-order valence-electron chi connectivity index (χ3n) is 6.22. The van der Waals surface area contributed by atoms with Crippen LogP contribution in [-0.2, 0) is 31.2 Å². The zero-order valence-corrected chi connectivity index (χ0v) is 25.1. The number of hydrogen-bond donors (Lipinski definition) is 2. The van der Waals surface area contributed by atoms with Gasteiger partial charge in [0.25, 0.3) is 0 Å². The smallest absolute Gasteiger partial charge is 0.410 e. The minimum Gasteiger partial charge on any atom is -0.444 e. The Hall–Kier alpha value is -2.05. The number of anilines is 1. The molecule has 13 heteroatoms. The summed E-state index contributed by atoms with van der Waals surface area (Å²) < 4.78 is 55.9. The summed E-state index contributed by atoms with van der Waals surface area (Å²) in [5, 5.41) is 6.05. The quantitative estimate of drug-likeness (QED) is 0.454. The van der Waals surface area contributed by atoms with E-state index < -0.39 is 37.8 Å². The molecule has 0 heterocycles. The number of amides is 1. The standard InChI is InChI=1S/C25H33Cl2N3O6S2/c1-25(2,3)36-24(31)30(4)23-9-7-17(15-6-8-20(26)21(27)13-15)18-12-16(10-11-38(28,34)35)22(14-19(18)23)29-37(5,32)33/h6,8,12-14,17,23,29H,7,9-11H2,1-5H3,(H2,28,34,35)/t17-,23-/m0/s1. The van der Waals surface area contributed by atoms with E-state index in [0.717, 1.165) is 17.4 Å². The van der Waals surface area contributed by atoms with E-state index in [-0.39, 0.29) is 23.8 Å². The summed E-state index contributed by atoms with van der Waals surface area (Å²) in [6, 6.07) is 8.39. The molecular formula is C25H33Cl2N3O6S2. The van der Waals surface area contributed by atoms with Crippen LogP contribution in [0.2, 0.25) is 10.0 Å². The van der Waals surface area contributed by atoms with Gasteiger partial charge in [0.05, 0.1) is 33.8 Å². The van der Waals surface area contributed by atoms with Crippen LogP contribution < -0.4 is 9.86 Å². The molecule has 2 atom stereocenters. The van der Waals surface area contributed by atoms with Gasteiger partial charge in [-0.25, -0.2) is 26.8 Å². The van der Waals surface area contributed by atoms with Crippen molar-refractivity contribution in [3.63, 3.8) is 0 Å². The van der Waals surface area contributed by atoms with Crippen molar-refractivity contribution in [3.05, 3.63) is 62.6 Å². The average Bonchev–Trinajstić information content (AvgIpc) is 2.75. The fourth-order valence-corrected chi connectivity index (χ4v) is 6.00. The highest BCUT2D eigenvalue weighted by atomic mass is 35.5. The van der Waals surface area contributed by atoms with E-state index in [2.05, 4.69) is 4.72 Å². The largest absolute Gasteiger partial charge is 0.444 e. The van der Waals surface area contributed by atoms with Crippen LogP contribution in [-0.4, -0.2) is 52.5 Å². The van der Waals surface area contributed by atoms with Gasteiger partial charge in [0.1, 0.15) is 5.60 Å². The number of hydrogen-bond acceptors (Lipinski definition) is 6. The minimum absolute atomic E-state index is 0.00929. The predicted octanol–water partition coefficient (Wildman–Crippen LogP) is 5.03. The van der Waals surface area contributed by atoms with Gasteiger partial charge in [-0.3, -0.25) is 4.72 Å². The Labute approximate surface area is 234 Å². The summed E-state index contributed by atoms with van der Waals surface area (Å²) >= 11 is 12.5. The molecule has 0 aromatic heterocycles. The number of ether oxygens (including phenoxy) is 1. The molecule has 0 aliphatic heterocycles. The van der Waals surface area contributed by atoms with E-state index in [1.165, 1.54) is 4.90 Å². The molecule has 2 aromatic carbocycles. The number of fused-ring (bicyclic) bond motifs is 1. The molecule has 2 aromatic rings. The maximum atomic E-state index is 13.0. The summed E-state index contributed by atoms with van der Waals surface area (Å²) in [4.78, 5) is 14.5. The second-order valence-corrected chi connectivity index (χ2v) is 14.8. The van der Waals surface area contributed by atoms with E-state index >= 15 is 0 Å². The SMILES string of the molecule is CN(C(=O)OC(C)(C)C)[C@H]1CC[C@@H](c2ccc(Cl)c(Cl)c2)c2cc(CCS(N)(=O)=O)c(NS(C)(=O)=O)cc21. The Bertz CT molecular complexity index is 1440. The maximum absolute atomic E-state index is 13.0. The van der Waals surface area contributed by atoms with Crippen LogP contribution in [0.4, 0.5) is 10.5 Å². The molecule has 1 amide bonds. The number of primary sulfonamides is 1. The number of carbonyl (C=O) groups is 1. The van der Waals surface area contributed by atoms with Crippen LogP contribution >= 0.6 is 23.2 Å².